The summed E-state index contributed by atoms with van der Waals surface area (Å²) >= 11 is -0.0877. The highest BCUT2D eigenvalue weighted by molar-refractivity contribution is 7.90. The van der Waals surface area contributed by atoms with Gasteiger partial charge in [0.15, 0.2) is 5.01 Å². The Morgan fingerprint density at radius 1 is 1.24 bits per heavy atom. The normalized spacial score (nSPS) is 14.4. The van der Waals surface area contributed by atoms with Gasteiger partial charge in [0.2, 0.25) is 5.78 Å². The van der Waals surface area contributed by atoms with Crippen LogP contribution in [0.5, 0.6) is 0 Å². The van der Waals surface area contributed by atoms with Crippen molar-refractivity contribution in [3.05, 3.63) is 51.9 Å². The highest BCUT2D eigenvalue weighted by Gasteiger charge is 2.35. The maximum absolute atomic E-state index is 14.0. The van der Waals surface area contributed by atoms with E-state index in [1.165, 1.54) is 35.7 Å². The molecule has 10 heteroatoms. The van der Waals surface area contributed by atoms with Crippen LogP contribution < -0.4 is 0 Å². The molecule has 0 saturated heterocycles. The summed E-state index contributed by atoms with van der Waals surface area (Å²) in [5.74, 6) is -0.920. The van der Waals surface area contributed by atoms with Gasteiger partial charge in [0.1, 0.15) is 16.2 Å². The van der Waals surface area contributed by atoms with Crippen molar-refractivity contribution in [2.45, 2.75) is 64.9 Å². The van der Waals surface area contributed by atoms with Gasteiger partial charge in [0, 0.05) is 35.4 Å². The fourth-order valence-corrected chi connectivity index (χ4v) is 5.42. The Kier molecular flexibility index (Phi) is 7.29. The van der Waals surface area contributed by atoms with Gasteiger partial charge in [-0.15, -0.1) is 15.6 Å². The first-order valence-corrected chi connectivity index (χ1v) is 12.8. The van der Waals surface area contributed by atoms with Gasteiger partial charge in [0.05, 0.1) is 22.8 Å². The fourth-order valence-electron chi connectivity index (χ4n) is 3.30. The van der Waals surface area contributed by atoms with Crippen molar-refractivity contribution >= 4 is 45.5 Å². The largest absolute Gasteiger partial charge is 0.597 e. The smallest absolute Gasteiger partial charge is 0.419 e. The molecule has 2 aromatic heterocycles. The summed E-state index contributed by atoms with van der Waals surface area (Å²) in [7, 11) is 1.76. The number of nitrogens with zero attached hydrogens (tertiary/aromatic N) is 3. The van der Waals surface area contributed by atoms with E-state index in [9.17, 15) is 18.5 Å². The lowest BCUT2D eigenvalue weighted by atomic mass is 10.1. The minimum absolute atomic E-state index is 0.223. The highest BCUT2D eigenvalue weighted by Crippen LogP contribution is 2.31. The van der Waals surface area contributed by atoms with Crippen LogP contribution in [0.15, 0.2) is 29.8 Å². The molecule has 0 aliphatic carbocycles. The van der Waals surface area contributed by atoms with E-state index in [1.807, 2.05) is 27.7 Å². The predicted octanol–water partition coefficient (Wildman–Crippen LogP) is 5.71. The zero-order chi connectivity index (χ0) is 25.6. The summed E-state index contributed by atoms with van der Waals surface area (Å²) in [6, 6.07) is 3.62. The van der Waals surface area contributed by atoms with Crippen molar-refractivity contribution in [3.63, 3.8) is 0 Å². The Bertz CT molecular complexity index is 1220. The van der Waals surface area contributed by atoms with Crippen LogP contribution in [-0.2, 0) is 16.1 Å². The summed E-state index contributed by atoms with van der Waals surface area (Å²) in [6.07, 6.45) is 0.660. The molecule has 0 bridgehead atoms. The standard InChI is InChI=1S/C24H30FN3O4S2/c1-14(27(8)34(31)24(5,6)7)18-13-33-21(26-18)20(29)17-12-28(22(30)32-23(2,3)4)19-11-15(25)9-10-16(17)19/h9-14H,1-8H3. The molecular weight excluding hydrogens is 477 g/mol. The molecule has 0 aliphatic heterocycles. The summed E-state index contributed by atoms with van der Waals surface area (Å²) in [5, 5.41) is 2.42. The highest BCUT2D eigenvalue weighted by atomic mass is 32.2. The average molecular weight is 508 g/mol. The molecule has 184 valence electrons. The van der Waals surface area contributed by atoms with Gasteiger partial charge in [-0.25, -0.2) is 14.2 Å². The van der Waals surface area contributed by atoms with Crippen LogP contribution in [0.25, 0.3) is 10.9 Å². The number of halogens is 1. The van der Waals surface area contributed by atoms with Crippen LogP contribution in [0.4, 0.5) is 9.18 Å². The Morgan fingerprint density at radius 3 is 2.47 bits per heavy atom. The first-order chi connectivity index (χ1) is 15.6. The molecule has 1 aromatic carbocycles. The van der Waals surface area contributed by atoms with Crippen molar-refractivity contribution < 1.29 is 23.3 Å². The van der Waals surface area contributed by atoms with Crippen LogP contribution in [0.1, 0.15) is 75.6 Å². The number of hydrogen-bond donors (Lipinski definition) is 0. The van der Waals surface area contributed by atoms with Crippen LogP contribution in [-0.4, -0.2) is 47.7 Å². The third kappa shape index (κ3) is 5.51. The maximum atomic E-state index is 14.0. The molecule has 0 amide bonds. The van der Waals surface area contributed by atoms with E-state index in [0.29, 0.717) is 11.1 Å². The Labute approximate surface area is 206 Å². The van der Waals surface area contributed by atoms with E-state index >= 15 is 0 Å². The lowest BCUT2D eigenvalue weighted by molar-refractivity contribution is 0.0544. The second-order valence-corrected chi connectivity index (χ2v) is 13.2. The zero-order valence-corrected chi connectivity index (χ0v) is 22.3. The number of carbonyl (C=O) groups is 2. The van der Waals surface area contributed by atoms with Crippen molar-refractivity contribution in [2.75, 3.05) is 7.05 Å². The number of fused-ring (bicyclic) bond motifs is 1. The molecule has 0 saturated carbocycles. The molecule has 3 rings (SSSR count). The molecule has 2 atom stereocenters. The summed E-state index contributed by atoms with van der Waals surface area (Å²) in [4.78, 5) is 30.6. The monoisotopic (exact) mass is 507 g/mol. The molecule has 0 radical (unpaired) electrons. The quantitative estimate of drug-likeness (QED) is 0.325. The molecule has 2 unspecified atom stereocenters. The van der Waals surface area contributed by atoms with Crippen molar-refractivity contribution in [1.29, 1.82) is 0 Å². The number of carbonyl (C=O) groups excluding carboxylic acids is 2. The van der Waals surface area contributed by atoms with Gasteiger partial charge in [-0.2, -0.15) is 0 Å². The summed E-state index contributed by atoms with van der Waals surface area (Å²) in [5.41, 5.74) is 0.324. The van der Waals surface area contributed by atoms with Crippen molar-refractivity contribution in [1.82, 2.24) is 13.9 Å². The molecule has 34 heavy (non-hydrogen) atoms. The van der Waals surface area contributed by atoms with Crippen molar-refractivity contribution in [2.24, 2.45) is 0 Å². The Morgan fingerprint density at radius 2 is 1.88 bits per heavy atom. The molecule has 0 N–H and O–H groups in total. The molecule has 7 nitrogen and oxygen atoms in total. The second kappa shape index (κ2) is 9.41. The fraction of sp³-hybridized carbons (Fsp3) is 0.458. The first-order valence-electron chi connectivity index (χ1n) is 10.8. The molecule has 0 aliphatic rings. The van der Waals surface area contributed by atoms with Crippen LogP contribution in [0.3, 0.4) is 0 Å². The van der Waals surface area contributed by atoms with E-state index in [1.54, 1.807) is 37.5 Å². The van der Waals surface area contributed by atoms with E-state index in [4.69, 9.17) is 4.74 Å². The zero-order valence-electron chi connectivity index (χ0n) is 20.6. The van der Waals surface area contributed by atoms with Gasteiger partial charge in [0.25, 0.3) is 0 Å². The Hall–Kier alpha value is -2.27. The van der Waals surface area contributed by atoms with E-state index in [2.05, 4.69) is 4.98 Å². The first kappa shape index (κ1) is 26.3. The third-order valence-electron chi connectivity index (χ3n) is 5.08. The third-order valence-corrected chi connectivity index (χ3v) is 7.82. The number of ketones is 1. The Balaban J connectivity index is 1.97. The van der Waals surface area contributed by atoms with E-state index < -0.39 is 33.6 Å². The minimum atomic E-state index is -1.26. The number of rotatable bonds is 5. The minimum Gasteiger partial charge on any atom is -0.597 e. The van der Waals surface area contributed by atoms with Gasteiger partial charge in [-0.3, -0.25) is 9.36 Å². The summed E-state index contributed by atoms with van der Waals surface area (Å²) in [6.45, 7) is 12.7. The molecule has 3 aromatic rings. The van der Waals surface area contributed by atoms with E-state index in [0.717, 1.165) is 4.57 Å². The van der Waals surface area contributed by atoms with Gasteiger partial charge in [-0.05, 0) is 66.7 Å². The second-order valence-electron chi connectivity index (χ2n) is 10.0. The topological polar surface area (TPSA) is 87.5 Å². The van der Waals surface area contributed by atoms with Crippen LogP contribution in [0, 0.1) is 5.82 Å². The number of aromatic nitrogens is 2. The number of hydrogen-bond acceptors (Lipinski definition) is 7. The van der Waals surface area contributed by atoms with Gasteiger partial charge < -0.3 is 9.29 Å². The summed E-state index contributed by atoms with van der Waals surface area (Å²) < 4.78 is 34.6. The van der Waals surface area contributed by atoms with Crippen molar-refractivity contribution in [3.8, 4) is 0 Å². The number of benzene rings is 1. The van der Waals surface area contributed by atoms with Crippen LogP contribution in [0.2, 0.25) is 0 Å². The SMILES string of the molecule is CC(c1csc(C(=O)c2cn(C(=O)OC(C)(C)C)c3cc(F)ccc23)n1)N(C)[S+]([O-])C(C)(C)C. The lowest BCUT2D eigenvalue weighted by Crippen LogP contribution is -2.42. The average Bonchev–Trinajstić information content (AvgIpc) is 3.34. The molecule has 0 spiro atoms. The predicted molar refractivity (Wildman–Crippen MR) is 133 cm³/mol. The maximum Gasteiger partial charge on any atom is 0.419 e. The number of thiazole rings is 1. The molecule has 2 heterocycles. The lowest BCUT2D eigenvalue weighted by Gasteiger charge is -2.32. The van der Waals surface area contributed by atoms with Crippen LogP contribution >= 0.6 is 11.3 Å². The molecule has 0 fully saturated rings. The van der Waals surface area contributed by atoms with Gasteiger partial charge in [-0.1, -0.05) is 0 Å². The van der Waals surface area contributed by atoms with Gasteiger partial charge >= 0.3 is 6.09 Å². The molecular formula is C24H30FN3O4S2. The van der Waals surface area contributed by atoms with E-state index in [-0.39, 0.29) is 27.9 Å². The number of ether oxygens (including phenoxy) is 1.